The van der Waals surface area contributed by atoms with Gasteiger partial charge in [-0.25, -0.2) is 18.4 Å². The fraction of sp³-hybridized carbons (Fsp3) is 0.273. The molecule has 0 saturated heterocycles. The predicted octanol–water partition coefficient (Wildman–Crippen LogP) is 1.58. The van der Waals surface area contributed by atoms with E-state index in [4.69, 9.17) is 21.8 Å². The number of carboxylic acid groups (broad SMARTS) is 1. The van der Waals surface area contributed by atoms with Crippen LogP contribution < -0.4 is 10.6 Å². The summed E-state index contributed by atoms with van der Waals surface area (Å²) in [4.78, 5) is 22.3. The van der Waals surface area contributed by atoms with Crippen molar-refractivity contribution in [3.8, 4) is 0 Å². The minimum Gasteiger partial charge on any atom is -0.480 e. The zero-order valence-corrected chi connectivity index (χ0v) is 10.7. The van der Waals surface area contributed by atoms with Crippen LogP contribution in [0.3, 0.4) is 0 Å². The Balaban J connectivity index is 2.78. The Morgan fingerprint density at radius 3 is 2.50 bits per heavy atom. The maximum absolute atomic E-state index is 13.4. The lowest BCUT2D eigenvalue weighted by Crippen LogP contribution is -2.43. The summed E-state index contributed by atoms with van der Waals surface area (Å²) in [5.41, 5.74) is -0.473. The molecule has 0 spiro atoms. The first-order valence-electron chi connectivity index (χ1n) is 5.41. The highest BCUT2D eigenvalue weighted by Crippen LogP contribution is 2.26. The molecular formula is C11H11ClF2N2O4. The number of amides is 2. The van der Waals surface area contributed by atoms with Crippen LogP contribution >= 0.6 is 11.6 Å². The van der Waals surface area contributed by atoms with Gasteiger partial charge in [-0.05, 0) is 6.07 Å². The van der Waals surface area contributed by atoms with Gasteiger partial charge in [-0.1, -0.05) is 11.6 Å². The number of anilines is 1. The Bertz CT molecular complexity index is 504. The van der Waals surface area contributed by atoms with Gasteiger partial charge in [0.1, 0.15) is 11.9 Å². The molecule has 0 bridgehead atoms. The van der Waals surface area contributed by atoms with Crippen LogP contribution in [0, 0.1) is 11.6 Å². The van der Waals surface area contributed by atoms with Crippen LogP contribution in [0.15, 0.2) is 12.1 Å². The third-order valence-corrected chi connectivity index (χ3v) is 2.56. The van der Waals surface area contributed by atoms with E-state index in [-0.39, 0.29) is 11.4 Å². The van der Waals surface area contributed by atoms with Gasteiger partial charge in [-0.3, -0.25) is 0 Å². The molecule has 6 nitrogen and oxygen atoms in total. The minimum atomic E-state index is -1.36. The molecule has 4 N–H and O–H groups in total. The van der Waals surface area contributed by atoms with Crippen LogP contribution in [0.4, 0.5) is 19.3 Å². The van der Waals surface area contributed by atoms with Crippen molar-refractivity contribution in [1.82, 2.24) is 5.32 Å². The van der Waals surface area contributed by atoms with Crippen LogP contribution in [0.5, 0.6) is 0 Å². The van der Waals surface area contributed by atoms with Gasteiger partial charge in [-0.2, -0.15) is 0 Å². The van der Waals surface area contributed by atoms with Crippen molar-refractivity contribution in [2.75, 3.05) is 11.9 Å². The first-order valence-corrected chi connectivity index (χ1v) is 5.78. The second kappa shape index (κ2) is 7.01. The second-order valence-corrected chi connectivity index (χ2v) is 4.15. The molecule has 1 atom stereocenters. The van der Waals surface area contributed by atoms with E-state index in [1.54, 1.807) is 0 Å². The highest BCUT2D eigenvalue weighted by atomic mass is 35.5. The van der Waals surface area contributed by atoms with Crippen molar-refractivity contribution in [2.24, 2.45) is 0 Å². The molecule has 0 saturated carbocycles. The summed E-state index contributed by atoms with van der Waals surface area (Å²) in [5, 5.41) is 21.0. The van der Waals surface area contributed by atoms with Crippen LogP contribution in [0.1, 0.15) is 6.42 Å². The molecule has 1 aromatic carbocycles. The molecule has 0 radical (unpaired) electrons. The zero-order chi connectivity index (χ0) is 15.3. The first-order chi connectivity index (χ1) is 9.35. The number of carboxylic acids is 1. The van der Waals surface area contributed by atoms with Gasteiger partial charge in [-0.15, -0.1) is 0 Å². The Morgan fingerprint density at radius 1 is 1.35 bits per heavy atom. The Kier molecular flexibility index (Phi) is 5.66. The summed E-state index contributed by atoms with van der Waals surface area (Å²) >= 11 is 5.56. The number of rotatable bonds is 5. The molecule has 0 aliphatic heterocycles. The van der Waals surface area contributed by atoms with Crippen molar-refractivity contribution in [3.05, 3.63) is 28.8 Å². The van der Waals surface area contributed by atoms with Crippen molar-refractivity contribution >= 4 is 29.3 Å². The molecule has 9 heteroatoms. The van der Waals surface area contributed by atoms with Crippen LogP contribution in [0.25, 0.3) is 0 Å². The number of aliphatic hydroxyl groups excluding tert-OH is 1. The third-order valence-electron chi connectivity index (χ3n) is 2.27. The molecule has 2 amide bonds. The standard InChI is InChI=1S/C11H11ClF2N2O4/c12-6-3-5(13)4-7(14)9(6)16-11(20)15-8(1-2-17)10(18)19/h3-4,8,17H,1-2H2,(H,18,19)(H2,15,16,20). The summed E-state index contributed by atoms with van der Waals surface area (Å²) in [5.74, 6) is -3.37. The largest absolute Gasteiger partial charge is 0.480 e. The Morgan fingerprint density at radius 2 is 2.00 bits per heavy atom. The van der Waals surface area contributed by atoms with Crippen LogP contribution in [-0.2, 0) is 4.79 Å². The number of urea groups is 1. The van der Waals surface area contributed by atoms with E-state index in [0.29, 0.717) is 6.07 Å². The number of benzene rings is 1. The van der Waals surface area contributed by atoms with Crippen LogP contribution in [0.2, 0.25) is 5.02 Å². The van der Waals surface area contributed by atoms with Gasteiger partial charge >= 0.3 is 12.0 Å². The van der Waals surface area contributed by atoms with Gasteiger partial charge < -0.3 is 20.8 Å². The monoisotopic (exact) mass is 308 g/mol. The highest BCUT2D eigenvalue weighted by molar-refractivity contribution is 6.33. The van der Waals surface area contributed by atoms with E-state index in [9.17, 15) is 18.4 Å². The fourth-order valence-electron chi connectivity index (χ4n) is 1.36. The van der Waals surface area contributed by atoms with Crippen molar-refractivity contribution < 1.29 is 28.6 Å². The number of carbonyl (C=O) groups is 2. The molecule has 1 aromatic rings. The van der Waals surface area contributed by atoms with E-state index in [1.165, 1.54) is 0 Å². The van der Waals surface area contributed by atoms with Crippen molar-refractivity contribution in [2.45, 2.75) is 12.5 Å². The summed E-state index contributed by atoms with van der Waals surface area (Å²) in [7, 11) is 0. The first kappa shape index (κ1) is 16.1. The topological polar surface area (TPSA) is 98.7 Å². The van der Waals surface area contributed by atoms with Crippen LogP contribution in [-0.4, -0.2) is 34.9 Å². The molecule has 1 unspecified atom stereocenters. The van der Waals surface area contributed by atoms with E-state index < -0.39 is 42.0 Å². The molecule has 20 heavy (non-hydrogen) atoms. The summed E-state index contributed by atoms with van der Waals surface area (Å²) in [6.07, 6.45) is -0.220. The van der Waals surface area contributed by atoms with Gasteiger partial charge in [0.05, 0.1) is 10.7 Å². The molecule has 0 aliphatic rings. The average Bonchev–Trinajstić information content (AvgIpc) is 2.33. The molecule has 110 valence electrons. The lowest BCUT2D eigenvalue weighted by molar-refractivity contribution is -0.139. The van der Waals surface area contributed by atoms with Crippen molar-refractivity contribution in [3.63, 3.8) is 0 Å². The number of hydrogen-bond acceptors (Lipinski definition) is 3. The van der Waals surface area contributed by atoms with E-state index in [1.807, 2.05) is 10.6 Å². The fourth-order valence-corrected chi connectivity index (χ4v) is 1.60. The average molecular weight is 309 g/mol. The molecule has 0 aromatic heterocycles. The number of nitrogens with one attached hydrogen (secondary N) is 2. The maximum atomic E-state index is 13.4. The Labute approximate surface area is 117 Å². The lowest BCUT2D eigenvalue weighted by atomic mass is 10.2. The Hall–Kier alpha value is -1.93. The summed E-state index contributed by atoms with van der Waals surface area (Å²) in [6, 6.07) is -1.08. The van der Waals surface area contributed by atoms with Gasteiger partial charge in [0, 0.05) is 19.1 Å². The number of aliphatic hydroxyl groups is 1. The van der Waals surface area contributed by atoms with Gasteiger partial charge in [0.15, 0.2) is 5.82 Å². The van der Waals surface area contributed by atoms with E-state index in [0.717, 1.165) is 6.07 Å². The number of halogens is 3. The molecule has 1 rings (SSSR count). The number of hydrogen-bond donors (Lipinski definition) is 4. The lowest BCUT2D eigenvalue weighted by Gasteiger charge is -2.15. The predicted molar refractivity (Wildman–Crippen MR) is 66.6 cm³/mol. The normalized spacial score (nSPS) is 11.8. The molecular weight excluding hydrogens is 298 g/mol. The maximum Gasteiger partial charge on any atom is 0.326 e. The molecule has 0 fully saturated rings. The molecule has 0 aliphatic carbocycles. The minimum absolute atomic E-state index is 0.220. The zero-order valence-electron chi connectivity index (χ0n) is 9.99. The quantitative estimate of drug-likeness (QED) is 0.663. The van der Waals surface area contributed by atoms with Gasteiger partial charge in [0.2, 0.25) is 0 Å². The SMILES string of the molecule is O=C(Nc1c(F)cc(F)cc1Cl)NC(CCO)C(=O)O. The second-order valence-electron chi connectivity index (χ2n) is 3.75. The highest BCUT2D eigenvalue weighted by Gasteiger charge is 2.20. The number of carbonyl (C=O) groups excluding carboxylic acids is 1. The summed E-state index contributed by atoms with van der Waals surface area (Å²) < 4.78 is 26.2. The van der Waals surface area contributed by atoms with E-state index >= 15 is 0 Å². The number of aliphatic carboxylic acids is 1. The van der Waals surface area contributed by atoms with E-state index in [2.05, 4.69) is 0 Å². The molecule has 0 heterocycles. The summed E-state index contributed by atoms with van der Waals surface area (Å²) in [6.45, 7) is -0.455. The smallest absolute Gasteiger partial charge is 0.326 e. The third kappa shape index (κ3) is 4.32. The van der Waals surface area contributed by atoms with Crippen molar-refractivity contribution in [1.29, 1.82) is 0 Å². The van der Waals surface area contributed by atoms with Gasteiger partial charge in [0.25, 0.3) is 0 Å².